The van der Waals surface area contributed by atoms with Crippen molar-refractivity contribution in [2.75, 3.05) is 18.8 Å². The topological polar surface area (TPSA) is 38.1 Å². The summed E-state index contributed by atoms with van der Waals surface area (Å²) in [4.78, 5) is 20.4. The molecule has 1 atom stereocenters. The SMILES string of the molecule is O=C(c1ccc(Cn2ccnc2)cc1)N1CCS[C@H](c2cccs2)CC1. The van der Waals surface area contributed by atoms with Gasteiger partial charge in [0.25, 0.3) is 5.91 Å². The summed E-state index contributed by atoms with van der Waals surface area (Å²) >= 11 is 3.79. The largest absolute Gasteiger partial charge is 0.338 e. The van der Waals surface area contributed by atoms with Gasteiger partial charge in [-0.1, -0.05) is 18.2 Å². The fourth-order valence-corrected chi connectivity index (χ4v) is 5.44. The van der Waals surface area contributed by atoms with Gasteiger partial charge in [-0.25, -0.2) is 4.98 Å². The van der Waals surface area contributed by atoms with Crippen molar-refractivity contribution in [1.82, 2.24) is 14.5 Å². The fourth-order valence-electron chi connectivity index (χ4n) is 3.20. The molecule has 1 aromatic carbocycles. The van der Waals surface area contributed by atoms with Crippen LogP contribution in [0.2, 0.25) is 0 Å². The van der Waals surface area contributed by atoms with E-state index in [0.29, 0.717) is 5.25 Å². The summed E-state index contributed by atoms with van der Waals surface area (Å²) in [5.74, 6) is 1.14. The second kappa shape index (κ2) is 8.10. The minimum atomic E-state index is 0.145. The van der Waals surface area contributed by atoms with E-state index >= 15 is 0 Å². The Labute approximate surface area is 161 Å². The van der Waals surface area contributed by atoms with Crippen molar-refractivity contribution in [3.05, 3.63) is 76.5 Å². The van der Waals surface area contributed by atoms with Gasteiger partial charge in [-0.15, -0.1) is 11.3 Å². The Morgan fingerprint density at radius 1 is 1.19 bits per heavy atom. The van der Waals surface area contributed by atoms with Crippen LogP contribution in [0.1, 0.15) is 32.5 Å². The molecular formula is C20H21N3OS2. The van der Waals surface area contributed by atoms with Crippen LogP contribution in [0.4, 0.5) is 0 Å². The van der Waals surface area contributed by atoms with Crippen LogP contribution in [0.3, 0.4) is 0 Å². The molecule has 0 saturated carbocycles. The van der Waals surface area contributed by atoms with Gasteiger partial charge < -0.3 is 9.47 Å². The maximum absolute atomic E-state index is 12.9. The number of nitrogens with zero attached hydrogens (tertiary/aromatic N) is 3. The number of thioether (sulfide) groups is 1. The molecule has 3 aromatic rings. The molecule has 6 heteroatoms. The molecule has 1 aliphatic heterocycles. The Kier molecular flexibility index (Phi) is 5.41. The molecule has 4 nitrogen and oxygen atoms in total. The highest BCUT2D eigenvalue weighted by molar-refractivity contribution is 7.99. The third kappa shape index (κ3) is 4.02. The summed E-state index contributed by atoms with van der Waals surface area (Å²) in [6.07, 6.45) is 6.55. The zero-order valence-corrected chi connectivity index (χ0v) is 16.1. The van der Waals surface area contributed by atoms with Crippen molar-refractivity contribution >= 4 is 29.0 Å². The van der Waals surface area contributed by atoms with Crippen LogP contribution in [0.15, 0.2) is 60.5 Å². The van der Waals surface area contributed by atoms with Gasteiger partial charge in [0.05, 0.1) is 6.33 Å². The molecule has 4 rings (SSSR count). The van der Waals surface area contributed by atoms with E-state index < -0.39 is 0 Å². The van der Waals surface area contributed by atoms with E-state index in [9.17, 15) is 4.79 Å². The van der Waals surface area contributed by atoms with Crippen LogP contribution in [0.5, 0.6) is 0 Å². The summed E-state index contributed by atoms with van der Waals surface area (Å²) in [7, 11) is 0. The lowest BCUT2D eigenvalue weighted by Gasteiger charge is -2.20. The van der Waals surface area contributed by atoms with E-state index in [1.54, 1.807) is 12.5 Å². The normalized spacial score (nSPS) is 17.8. The predicted octanol–water partition coefficient (Wildman–Crippen LogP) is 4.31. The Balaban J connectivity index is 1.39. The molecule has 1 saturated heterocycles. The van der Waals surface area contributed by atoms with Gasteiger partial charge in [0.1, 0.15) is 0 Å². The molecular weight excluding hydrogens is 362 g/mol. The molecule has 0 aliphatic carbocycles. The average Bonchev–Trinajstić information content (AvgIpc) is 3.33. The number of benzene rings is 1. The molecule has 0 N–H and O–H groups in total. The van der Waals surface area contributed by atoms with E-state index in [0.717, 1.165) is 37.4 Å². The molecule has 0 bridgehead atoms. The Morgan fingerprint density at radius 2 is 2.08 bits per heavy atom. The van der Waals surface area contributed by atoms with Gasteiger partial charge in [0.2, 0.25) is 0 Å². The first-order valence-corrected chi connectivity index (χ1v) is 10.7. The first-order valence-electron chi connectivity index (χ1n) is 8.78. The summed E-state index contributed by atoms with van der Waals surface area (Å²) in [5, 5.41) is 2.65. The molecule has 0 radical (unpaired) electrons. The number of amides is 1. The van der Waals surface area contributed by atoms with Crippen LogP contribution in [0, 0.1) is 0 Å². The number of hydrogen-bond donors (Lipinski definition) is 0. The van der Waals surface area contributed by atoms with E-state index in [-0.39, 0.29) is 5.91 Å². The summed E-state index contributed by atoms with van der Waals surface area (Å²) in [5.41, 5.74) is 1.95. The Morgan fingerprint density at radius 3 is 2.81 bits per heavy atom. The number of imidazole rings is 1. The molecule has 3 heterocycles. The van der Waals surface area contributed by atoms with Gasteiger partial charge in [-0.05, 0) is 35.6 Å². The highest BCUT2D eigenvalue weighted by atomic mass is 32.2. The number of hydrogen-bond acceptors (Lipinski definition) is 4. The quantitative estimate of drug-likeness (QED) is 0.674. The predicted molar refractivity (Wildman–Crippen MR) is 108 cm³/mol. The van der Waals surface area contributed by atoms with Crippen molar-refractivity contribution in [2.24, 2.45) is 0 Å². The van der Waals surface area contributed by atoms with Gasteiger partial charge in [0, 0.05) is 53.5 Å². The molecule has 134 valence electrons. The zero-order valence-electron chi connectivity index (χ0n) is 14.5. The Bertz CT molecular complexity index is 829. The number of aromatic nitrogens is 2. The summed E-state index contributed by atoms with van der Waals surface area (Å²) in [6.45, 7) is 2.42. The molecule has 1 amide bonds. The maximum Gasteiger partial charge on any atom is 0.253 e. The lowest BCUT2D eigenvalue weighted by atomic mass is 10.1. The van der Waals surface area contributed by atoms with E-state index in [4.69, 9.17) is 0 Å². The fraction of sp³-hybridized carbons (Fsp3) is 0.300. The van der Waals surface area contributed by atoms with Crippen molar-refractivity contribution in [3.8, 4) is 0 Å². The molecule has 0 unspecified atom stereocenters. The standard InChI is InChI=1S/C20H21N3OS2/c24-20(17-5-3-16(4-6-17)14-22-10-8-21-15-22)23-9-7-19(26-13-11-23)18-2-1-12-25-18/h1-6,8,10,12,15,19H,7,9,11,13-14H2/t19-/m0/s1. The monoisotopic (exact) mass is 383 g/mol. The third-order valence-electron chi connectivity index (χ3n) is 4.61. The number of thiophene rings is 1. The third-order valence-corrected chi connectivity index (χ3v) is 7.06. The van der Waals surface area contributed by atoms with Crippen molar-refractivity contribution in [2.45, 2.75) is 18.2 Å². The lowest BCUT2D eigenvalue weighted by Crippen LogP contribution is -2.32. The van der Waals surface area contributed by atoms with Crippen molar-refractivity contribution in [1.29, 1.82) is 0 Å². The molecule has 1 aliphatic rings. The van der Waals surface area contributed by atoms with Gasteiger partial charge in [0.15, 0.2) is 0 Å². The lowest BCUT2D eigenvalue weighted by molar-refractivity contribution is 0.0766. The van der Waals surface area contributed by atoms with E-state index in [2.05, 4.69) is 22.5 Å². The zero-order chi connectivity index (χ0) is 17.8. The van der Waals surface area contributed by atoms with Crippen LogP contribution in [0.25, 0.3) is 0 Å². The number of rotatable bonds is 4. The van der Waals surface area contributed by atoms with Crippen LogP contribution in [-0.4, -0.2) is 39.2 Å². The van der Waals surface area contributed by atoms with Gasteiger partial charge in [-0.3, -0.25) is 4.79 Å². The van der Waals surface area contributed by atoms with Crippen molar-refractivity contribution in [3.63, 3.8) is 0 Å². The number of carbonyl (C=O) groups excluding carboxylic acids is 1. The molecule has 26 heavy (non-hydrogen) atoms. The summed E-state index contributed by atoms with van der Waals surface area (Å²) in [6, 6.07) is 12.3. The minimum absolute atomic E-state index is 0.145. The second-order valence-electron chi connectivity index (χ2n) is 6.39. The molecule has 2 aromatic heterocycles. The second-order valence-corrected chi connectivity index (χ2v) is 8.68. The van der Waals surface area contributed by atoms with Crippen LogP contribution < -0.4 is 0 Å². The molecule has 0 spiro atoms. The van der Waals surface area contributed by atoms with E-state index in [1.807, 2.05) is 63.0 Å². The highest BCUT2D eigenvalue weighted by Crippen LogP contribution is 2.36. The first-order chi connectivity index (χ1) is 12.8. The summed E-state index contributed by atoms with van der Waals surface area (Å²) < 4.78 is 2.02. The maximum atomic E-state index is 12.9. The van der Waals surface area contributed by atoms with Crippen LogP contribution in [-0.2, 0) is 6.54 Å². The average molecular weight is 384 g/mol. The number of carbonyl (C=O) groups is 1. The molecule has 1 fully saturated rings. The Hall–Kier alpha value is -2.05. The van der Waals surface area contributed by atoms with Crippen LogP contribution >= 0.6 is 23.1 Å². The van der Waals surface area contributed by atoms with E-state index in [1.165, 1.54) is 10.4 Å². The van der Waals surface area contributed by atoms with Crippen molar-refractivity contribution < 1.29 is 4.79 Å². The smallest absolute Gasteiger partial charge is 0.253 e. The van der Waals surface area contributed by atoms with Gasteiger partial charge in [-0.2, -0.15) is 11.8 Å². The highest BCUT2D eigenvalue weighted by Gasteiger charge is 2.23. The first kappa shape index (κ1) is 17.4. The van der Waals surface area contributed by atoms with Gasteiger partial charge >= 0.3 is 0 Å². The minimum Gasteiger partial charge on any atom is -0.338 e.